The van der Waals surface area contributed by atoms with Crippen molar-refractivity contribution in [3.63, 3.8) is 0 Å². The minimum absolute atomic E-state index is 0. The molecule has 0 amide bonds. The Kier molecular flexibility index (Phi) is 7.91. The number of nitrogens with zero attached hydrogens (tertiary/aromatic N) is 2. The van der Waals surface area contributed by atoms with E-state index in [1.54, 1.807) is 0 Å². The van der Waals surface area contributed by atoms with Gasteiger partial charge < -0.3 is 4.57 Å². The van der Waals surface area contributed by atoms with Crippen molar-refractivity contribution in [3.05, 3.63) is 18.2 Å². The summed E-state index contributed by atoms with van der Waals surface area (Å²) in [5.41, 5.74) is 1.26. The maximum absolute atomic E-state index is 4.04. The molecule has 0 fully saturated rings. The largest absolute Gasteiger partial charge is 0.335 e. The first-order valence-electron chi connectivity index (χ1n) is 3.81. The van der Waals surface area contributed by atoms with E-state index in [-0.39, 0.29) is 14.9 Å². The highest BCUT2D eigenvalue weighted by molar-refractivity contribution is 4.93. The third kappa shape index (κ3) is 3.56. The number of hydrogen-bond donors (Lipinski definition) is 0. The van der Waals surface area contributed by atoms with Crippen molar-refractivity contribution in [2.75, 3.05) is 0 Å². The van der Waals surface area contributed by atoms with Gasteiger partial charge in [0.05, 0.1) is 6.33 Å². The van der Waals surface area contributed by atoms with Gasteiger partial charge in [0.25, 0.3) is 0 Å². The molecule has 72 valence electrons. The second kappa shape index (κ2) is 6.89. The fourth-order valence-corrected chi connectivity index (χ4v) is 0.949. The molecule has 0 bridgehead atoms. The van der Waals surface area contributed by atoms with E-state index in [1.807, 2.05) is 12.5 Å². The Morgan fingerprint density at radius 2 is 2.08 bits per heavy atom. The number of unbranched alkanes of at least 4 members (excludes halogenated alkanes) is 1. The van der Waals surface area contributed by atoms with Crippen LogP contribution in [0.5, 0.6) is 0 Å². The van der Waals surface area contributed by atoms with Gasteiger partial charge in [-0.1, -0.05) is 28.2 Å². The molecule has 0 spiro atoms. The maximum atomic E-state index is 4.04. The predicted octanol–water partition coefficient (Wildman–Crippen LogP) is 3.26. The lowest BCUT2D eigenvalue weighted by Gasteiger charge is -2.01. The van der Waals surface area contributed by atoms with Gasteiger partial charge in [-0.05, 0) is 13.3 Å². The molecule has 2 nitrogen and oxygen atoms in total. The number of hydrogen-bond acceptors (Lipinski definition) is 1. The van der Waals surface area contributed by atoms with E-state index < -0.39 is 0 Å². The van der Waals surface area contributed by atoms with E-state index in [9.17, 15) is 0 Å². The molecule has 2 heteroatoms. The molecular weight excluding hydrogens is 148 g/mol. The van der Waals surface area contributed by atoms with Crippen molar-refractivity contribution in [2.24, 2.45) is 0 Å². The van der Waals surface area contributed by atoms with Gasteiger partial charge in [-0.15, -0.1) is 0 Å². The molecule has 0 atom stereocenters. The molecule has 1 aromatic heterocycles. The lowest BCUT2D eigenvalue weighted by Crippen LogP contribution is -1.97. The number of aryl methyl sites for hydroxylation is 2. The Morgan fingerprint density at radius 1 is 1.42 bits per heavy atom. The topological polar surface area (TPSA) is 17.8 Å². The van der Waals surface area contributed by atoms with Crippen LogP contribution in [0.15, 0.2) is 12.5 Å². The van der Waals surface area contributed by atoms with Crippen molar-refractivity contribution in [3.8, 4) is 0 Å². The van der Waals surface area contributed by atoms with Crippen LogP contribution in [-0.4, -0.2) is 9.55 Å². The van der Waals surface area contributed by atoms with E-state index in [4.69, 9.17) is 0 Å². The van der Waals surface area contributed by atoms with Gasteiger partial charge >= 0.3 is 0 Å². The second-order valence-corrected chi connectivity index (χ2v) is 2.58. The summed E-state index contributed by atoms with van der Waals surface area (Å²) in [5.74, 6) is 0. The monoisotopic (exact) mass is 170 g/mol. The molecule has 0 N–H and O–H groups in total. The van der Waals surface area contributed by atoms with Crippen molar-refractivity contribution in [1.82, 2.24) is 9.55 Å². The normalized spacial score (nSPS) is 8.50. The maximum Gasteiger partial charge on any atom is 0.0948 e. The van der Waals surface area contributed by atoms with Crippen LogP contribution in [-0.2, 0) is 6.54 Å². The highest BCUT2D eigenvalue weighted by atomic mass is 15.0. The van der Waals surface area contributed by atoms with Gasteiger partial charge in [-0.3, -0.25) is 0 Å². The van der Waals surface area contributed by atoms with Crippen molar-refractivity contribution < 1.29 is 0 Å². The molecule has 0 aromatic carbocycles. The standard InChI is InChI=1S/C8H14N2.2CH4/c1-3-4-5-10-7-9-6-8(10)2;;/h6-7H,3-5H2,1-2H3;2*1H4. The minimum atomic E-state index is 0. The molecule has 1 heterocycles. The van der Waals surface area contributed by atoms with Crippen molar-refractivity contribution in [1.29, 1.82) is 0 Å². The molecule has 0 radical (unpaired) electrons. The number of aromatic nitrogens is 2. The molecule has 0 saturated heterocycles. The molecule has 0 aliphatic rings. The van der Waals surface area contributed by atoms with Crippen LogP contribution in [0, 0.1) is 6.92 Å². The van der Waals surface area contributed by atoms with E-state index in [1.165, 1.54) is 18.5 Å². The average Bonchev–Trinajstić information content (AvgIpc) is 2.31. The average molecular weight is 170 g/mol. The molecule has 12 heavy (non-hydrogen) atoms. The second-order valence-electron chi connectivity index (χ2n) is 2.58. The fourth-order valence-electron chi connectivity index (χ4n) is 0.949. The molecule has 1 rings (SSSR count). The minimum Gasteiger partial charge on any atom is -0.335 e. The van der Waals surface area contributed by atoms with Gasteiger partial charge in [-0.2, -0.15) is 0 Å². The summed E-state index contributed by atoms with van der Waals surface area (Å²) in [4.78, 5) is 4.04. The Labute approximate surface area is 76.6 Å². The highest BCUT2D eigenvalue weighted by Crippen LogP contribution is 1.99. The van der Waals surface area contributed by atoms with Gasteiger partial charge in [0.1, 0.15) is 0 Å². The van der Waals surface area contributed by atoms with Crippen LogP contribution < -0.4 is 0 Å². The summed E-state index contributed by atoms with van der Waals surface area (Å²) in [6, 6.07) is 0. The van der Waals surface area contributed by atoms with Crippen LogP contribution in [0.25, 0.3) is 0 Å². The van der Waals surface area contributed by atoms with Gasteiger partial charge in [-0.25, -0.2) is 4.98 Å². The van der Waals surface area contributed by atoms with Crippen LogP contribution in [0.4, 0.5) is 0 Å². The van der Waals surface area contributed by atoms with Gasteiger partial charge in [0.2, 0.25) is 0 Å². The summed E-state index contributed by atoms with van der Waals surface area (Å²) in [5, 5.41) is 0. The Balaban J connectivity index is 0. The lowest BCUT2D eigenvalue weighted by atomic mass is 10.3. The van der Waals surface area contributed by atoms with Crippen LogP contribution in [0.1, 0.15) is 40.3 Å². The van der Waals surface area contributed by atoms with Crippen molar-refractivity contribution >= 4 is 0 Å². The van der Waals surface area contributed by atoms with Crippen LogP contribution >= 0.6 is 0 Å². The summed E-state index contributed by atoms with van der Waals surface area (Å²) in [7, 11) is 0. The van der Waals surface area contributed by atoms with E-state index in [0.717, 1.165) is 6.54 Å². The van der Waals surface area contributed by atoms with E-state index in [0.29, 0.717) is 0 Å². The first kappa shape index (κ1) is 13.8. The third-order valence-electron chi connectivity index (χ3n) is 1.67. The van der Waals surface area contributed by atoms with Gasteiger partial charge in [0.15, 0.2) is 0 Å². The Hall–Kier alpha value is -0.790. The number of imidazole rings is 1. The summed E-state index contributed by atoms with van der Waals surface area (Å²) < 4.78 is 2.18. The first-order chi connectivity index (χ1) is 4.84. The zero-order valence-corrected chi connectivity index (χ0v) is 6.67. The zero-order valence-electron chi connectivity index (χ0n) is 6.67. The Bertz CT molecular complexity index is 191. The smallest absolute Gasteiger partial charge is 0.0948 e. The molecule has 0 saturated carbocycles. The van der Waals surface area contributed by atoms with Crippen molar-refractivity contribution in [2.45, 2.75) is 48.1 Å². The van der Waals surface area contributed by atoms with Gasteiger partial charge in [0, 0.05) is 18.4 Å². The number of rotatable bonds is 3. The van der Waals surface area contributed by atoms with E-state index >= 15 is 0 Å². The predicted molar refractivity (Wildman–Crippen MR) is 55.3 cm³/mol. The molecule has 0 unspecified atom stereocenters. The SMILES string of the molecule is C.C.CCCCn1cncc1C. The zero-order chi connectivity index (χ0) is 7.40. The summed E-state index contributed by atoms with van der Waals surface area (Å²) in [6.45, 7) is 5.40. The summed E-state index contributed by atoms with van der Waals surface area (Å²) >= 11 is 0. The molecule has 1 aromatic rings. The molecular formula is C10H22N2. The van der Waals surface area contributed by atoms with E-state index in [2.05, 4.69) is 23.4 Å². The first-order valence-corrected chi connectivity index (χ1v) is 3.81. The molecule has 0 aliphatic heterocycles. The van der Waals surface area contributed by atoms with Crippen LogP contribution in [0.3, 0.4) is 0 Å². The summed E-state index contributed by atoms with van der Waals surface area (Å²) in [6.07, 6.45) is 6.29. The fraction of sp³-hybridized carbons (Fsp3) is 0.700. The lowest BCUT2D eigenvalue weighted by molar-refractivity contribution is 0.619. The van der Waals surface area contributed by atoms with Crippen LogP contribution in [0.2, 0.25) is 0 Å². The highest BCUT2D eigenvalue weighted by Gasteiger charge is 1.92. The third-order valence-corrected chi connectivity index (χ3v) is 1.67. The Morgan fingerprint density at radius 3 is 2.50 bits per heavy atom. The quantitative estimate of drug-likeness (QED) is 0.680. The molecule has 0 aliphatic carbocycles.